The molecule has 7 nitrogen and oxygen atoms in total. The van der Waals surface area contributed by atoms with E-state index in [1.807, 2.05) is 0 Å². The Morgan fingerprint density at radius 2 is 2.00 bits per heavy atom. The van der Waals surface area contributed by atoms with Crippen LogP contribution in [0.25, 0.3) is 0 Å². The molecule has 1 aliphatic heterocycles. The first kappa shape index (κ1) is 23.2. The molecule has 0 saturated carbocycles. The number of aromatic nitrogens is 3. The second kappa shape index (κ2) is 10.8. The number of ether oxygens (including phenoxy) is 1. The summed E-state index contributed by atoms with van der Waals surface area (Å²) in [5.74, 6) is 3.30. The third-order valence-corrected chi connectivity index (χ3v) is 6.81. The Labute approximate surface area is 196 Å². The number of rotatable bonds is 8. The van der Waals surface area contributed by atoms with Gasteiger partial charge in [0.05, 0.1) is 7.11 Å². The summed E-state index contributed by atoms with van der Waals surface area (Å²) in [7, 11) is 1.61. The van der Waals surface area contributed by atoms with E-state index in [9.17, 15) is 4.79 Å². The van der Waals surface area contributed by atoms with Crippen LogP contribution in [0.2, 0.25) is 0 Å². The highest BCUT2D eigenvalue weighted by Crippen LogP contribution is 2.28. The van der Waals surface area contributed by atoms with Crippen molar-refractivity contribution < 1.29 is 9.53 Å². The SMILES string of the molecule is C=C(C)[C@@H]1CC=C(CN2CCc3nnc(CCNC(=O)c4ccc(OC)cc4)n3CC2)CC1. The number of fused-ring (bicyclic) bond motifs is 1. The summed E-state index contributed by atoms with van der Waals surface area (Å²) in [5, 5.41) is 11.8. The second-order valence-corrected chi connectivity index (χ2v) is 9.12. The number of carbonyl (C=O) groups excluding carboxylic acids is 1. The van der Waals surface area contributed by atoms with Crippen molar-refractivity contribution in [2.75, 3.05) is 33.3 Å². The number of nitrogens with zero attached hydrogens (tertiary/aromatic N) is 4. The topological polar surface area (TPSA) is 72.3 Å². The molecule has 1 N–H and O–H groups in total. The molecule has 2 aliphatic rings. The monoisotopic (exact) mass is 449 g/mol. The average molecular weight is 450 g/mol. The third-order valence-electron chi connectivity index (χ3n) is 6.81. The number of hydrogen-bond acceptors (Lipinski definition) is 5. The van der Waals surface area contributed by atoms with E-state index < -0.39 is 0 Å². The fourth-order valence-corrected chi connectivity index (χ4v) is 4.67. The van der Waals surface area contributed by atoms with Crippen LogP contribution >= 0.6 is 0 Å². The maximum absolute atomic E-state index is 12.4. The molecule has 1 aromatic carbocycles. The normalized spacial score (nSPS) is 18.7. The molecule has 33 heavy (non-hydrogen) atoms. The van der Waals surface area contributed by atoms with Gasteiger partial charge in [0.25, 0.3) is 5.91 Å². The minimum atomic E-state index is -0.0888. The van der Waals surface area contributed by atoms with Gasteiger partial charge in [0.1, 0.15) is 17.4 Å². The van der Waals surface area contributed by atoms with Crippen LogP contribution < -0.4 is 10.1 Å². The molecular formula is C26H35N5O2. The van der Waals surface area contributed by atoms with E-state index >= 15 is 0 Å². The Balaban J connectivity index is 1.26. The Kier molecular flexibility index (Phi) is 7.60. The van der Waals surface area contributed by atoms with Crippen LogP contribution in [-0.4, -0.2) is 58.9 Å². The quantitative estimate of drug-likeness (QED) is 0.625. The summed E-state index contributed by atoms with van der Waals surface area (Å²) >= 11 is 0. The Bertz CT molecular complexity index is 1010. The minimum absolute atomic E-state index is 0.0888. The van der Waals surface area contributed by atoms with Gasteiger partial charge >= 0.3 is 0 Å². The first-order valence-electron chi connectivity index (χ1n) is 11.9. The lowest BCUT2D eigenvalue weighted by molar-refractivity contribution is 0.0954. The van der Waals surface area contributed by atoms with Gasteiger partial charge in [-0.1, -0.05) is 23.8 Å². The Hall–Kier alpha value is -2.93. The highest BCUT2D eigenvalue weighted by Gasteiger charge is 2.21. The molecule has 0 unspecified atom stereocenters. The Morgan fingerprint density at radius 1 is 1.18 bits per heavy atom. The summed E-state index contributed by atoms with van der Waals surface area (Å²) in [6.07, 6.45) is 7.56. The van der Waals surface area contributed by atoms with E-state index in [0.717, 1.165) is 56.4 Å². The fourth-order valence-electron chi connectivity index (χ4n) is 4.67. The predicted octanol–water partition coefficient (Wildman–Crippen LogP) is 3.42. The molecule has 0 fully saturated rings. The van der Waals surface area contributed by atoms with Crippen LogP contribution in [0.5, 0.6) is 5.75 Å². The number of carbonyl (C=O) groups is 1. The number of nitrogens with one attached hydrogen (secondary N) is 1. The number of benzene rings is 1. The zero-order chi connectivity index (χ0) is 23.2. The van der Waals surface area contributed by atoms with Crippen molar-refractivity contribution in [1.29, 1.82) is 0 Å². The summed E-state index contributed by atoms with van der Waals surface area (Å²) < 4.78 is 7.39. The van der Waals surface area contributed by atoms with E-state index in [1.165, 1.54) is 18.4 Å². The average Bonchev–Trinajstić information content (AvgIpc) is 3.11. The molecule has 1 aromatic heterocycles. The largest absolute Gasteiger partial charge is 0.497 e. The molecule has 1 atom stereocenters. The molecule has 1 aliphatic carbocycles. The maximum atomic E-state index is 12.4. The van der Waals surface area contributed by atoms with Crippen LogP contribution in [0, 0.1) is 5.92 Å². The molecular weight excluding hydrogens is 414 g/mol. The summed E-state index contributed by atoms with van der Waals surface area (Å²) in [4.78, 5) is 14.9. The Morgan fingerprint density at radius 3 is 2.70 bits per heavy atom. The first-order chi connectivity index (χ1) is 16.0. The van der Waals surface area contributed by atoms with Crippen LogP contribution in [0.1, 0.15) is 48.2 Å². The van der Waals surface area contributed by atoms with Crippen LogP contribution in [0.15, 0.2) is 48.1 Å². The molecule has 7 heteroatoms. The summed E-state index contributed by atoms with van der Waals surface area (Å²) in [6, 6.07) is 7.13. The van der Waals surface area contributed by atoms with Crippen molar-refractivity contribution in [1.82, 2.24) is 25.0 Å². The first-order valence-corrected chi connectivity index (χ1v) is 11.9. The van der Waals surface area contributed by atoms with Gasteiger partial charge in [-0.15, -0.1) is 10.2 Å². The molecule has 0 saturated heterocycles. The molecule has 4 rings (SSSR count). The lowest BCUT2D eigenvalue weighted by Crippen LogP contribution is -2.30. The molecule has 0 bridgehead atoms. The molecule has 176 valence electrons. The van der Waals surface area contributed by atoms with Crippen molar-refractivity contribution in [2.45, 2.75) is 45.6 Å². The van der Waals surface area contributed by atoms with Gasteiger partial charge in [0, 0.05) is 51.1 Å². The van der Waals surface area contributed by atoms with Gasteiger partial charge in [0.15, 0.2) is 0 Å². The summed E-state index contributed by atoms with van der Waals surface area (Å²) in [5.41, 5.74) is 3.50. The van der Waals surface area contributed by atoms with Crippen molar-refractivity contribution >= 4 is 5.91 Å². The zero-order valence-corrected chi connectivity index (χ0v) is 19.8. The standard InChI is InChI=1S/C26H35N5O2/c1-19(2)21-6-4-20(5-7-21)18-30-15-13-25-29-28-24(31(25)17-16-30)12-14-27-26(32)22-8-10-23(33-3)11-9-22/h4,8-11,21H,1,5-7,12-18H2,2-3H3,(H,27,32)/t21-/m1/s1. The second-order valence-electron chi connectivity index (χ2n) is 9.12. The van der Waals surface area contributed by atoms with Gasteiger partial charge in [-0.2, -0.15) is 0 Å². The van der Waals surface area contributed by atoms with Crippen LogP contribution in [0.4, 0.5) is 0 Å². The number of allylic oxidation sites excluding steroid dienone is 2. The lowest BCUT2D eigenvalue weighted by Gasteiger charge is -2.26. The molecule has 0 radical (unpaired) electrons. The minimum Gasteiger partial charge on any atom is -0.497 e. The van der Waals surface area contributed by atoms with Crippen molar-refractivity contribution in [2.24, 2.45) is 5.92 Å². The highest BCUT2D eigenvalue weighted by molar-refractivity contribution is 5.94. The van der Waals surface area contributed by atoms with Gasteiger partial charge < -0.3 is 14.6 Å². The number of methoxy groups -OCH3 is 1. The van der Waals surface area contributed by atoms with E-state index in [4.69, 9.17) is 4.74 Å². The predicted molar refractivity (Wildman–Crippen MR) is 129 cm³/mol. The number of amides is 1. The highest BCUT2D eigenvalue weighted by atomic mass is 16.5. The van der Waals surface area contributed by atoms with Gasteiger partial charge in [-0.25, -0.2) is 0 Å². The van der Waals surface area contributed by atoms with E-state index in [-0.39, 0.29) is 5.91 Å². The lowest BCUT2D eigenvalue weighted by atomic mass is 9.85. The van der Waals surface area contributed by atoms with Crippen molar-refractivity contribution in [3.63, 3.8) is 0 Å². The smallest absolute Gasteiger partial charge is 0.251 e. The van der Waals surface area contributed by atoms with Gasteiger partial charge in [0.2, 0.25) is 0 Å². The molecule has 0 spiro atoms. The third kappa shape index (κ3) is 5.90. The van der Waals surface area contributed by atoms with Crippen LogP contribution in [0.3, 0.4) is 0 Å². The molecule has 1 amide bonds. The van der Waals surface area contributed by atoms with Crippen molar-refractivity contribution in [3.05, 3.63) is 65.3 Å². The zero-order valence-electron chi connectivity index (χ0n) is 19.8. The maximum Gasteiger partial charge on any atom is 0.251 e. The molecule has 2 heterocycles. The number of hydrogen-bond donors (Lipinski definition) is 1. The van der Waals surface area contributed by atoms with Gasteiger partial charge in [-0.05, 0) is 56.4 Å². The fraction of sp³-hybridized carbons (Fsp3) is 0.500. The van der Waals surface area contributed by atoms with Crippen LogP contribution in [-0.2, 0) is 19.4 Å². The molecule has 2 aromatic rings. The van der Waals surface area contributed by atoms with E-state index in [2.05, 4.69) is 44.6 Å². The van der Waals surface area contributed by atoms with Crippen molar-refractivity contribution in [3.8, 4) is 5.75 Å². The van der Waals surface area contributed by atoms with Gasteiger partial charge in [-0.3, -0.25) is 9.69 Å². The van der Waals surface area contributed by atoms with E-state index in [1.54, 1.807) is 36.9 Å². The summed E-state index contributed by atoms with van der Waals surface area (Å²) in [6.45, 7) is 10.8. The van der Waals surface area contributed by atoms with E-state index in [0.29, 0.717) is 24.4 Å².